The van der Waals surface area contributed by atoms with Gasteiger partial charge in [0.2, 0.25) is 5.78 Å². The maximum Gasteiger partial charge on any atom is 0.202 e. The predicted molar refractivity (Wildman–Crippen MR) is 142 cm³/mol. The predicted octanol–water partition coefficient (Wildman–Crippen LogP) is 5.04. The molecule has 0 heterocycles. The number of benzene rings is 2. The Morgan fingerprint density at radius 3 is 2.70 bits per heavy atom. The molecule has 5 unspecified atom stereocenters. The first kappa shape index (κ1) is 24.6. The third-order valence-corrected chi connectivity index (χ3v) is 10.5. The number of Topliss-reactive ketones (excluding diaryl/α,β-unsaturated/α-hetero) is 1. The van der Waals surface area contributed by atoms with Crippen LogP contribution in [0.2, 0.25) is 0 Å². The topological polar surface area (TPSA) is 83.8 Å². The second-order valence-corrected chi connectivity index (χ2v) is 12.3. The highest BCUT2D eigenvalue weighted by Gasteiger charge is 2.68. The van der Waals surface area contributed by atoms with Crippen molar-refractivity contribution in [2.75, 3.05) is 6.61 Å². The Morgan fingerprint density at radius 2 is 1.89 bits per heavy atom. The van der Waals surface area contributed by atoms with Crippen molar-refractivity contribution in [1.29, 1.82) is 0 Å². The molecule has 0 radical (unpaired) electrons. The number of carbonyl (C=O) groups is 2. The summed E-state index contributed by atoms with van der Waals surface area (Å²) in [6.07, 6.45) is 7.04. The van der Waals surface area contributed by atoms with E-state index in [0.29, 0.717) is 18.6 Å². The normalized spacial score (nSPS) is 40.5. The van der Waals surface area contributed by atoms with E-state index in [4.69, 9.17) is 4.74 Å². The van der Waals surface area contributed by atoms with Crippen LogP contribution in [0.3, 0.4) is 0 Å². The lowest BCUT2D eigenvalue weighted by molar-refractivity contribution is -0.179. The fourth-order valence-electron chi connectivity index (χ4n) is 8.80. The van der Waals surface area contributed by atoms with Crippen molar-refractivity contribution in [3.8, 4) is 5.75 Å². The van der Waals surface area contributed by atoms with E-state index in [1.807, 2.05) is 55.5 Å². The molecule has 6 rings (SSSR count). The van der Waals surface area contributed by atoms with Gasteiger partial charge in [0.1, 0.15) is 18.0 Å². The highest BCUT2D eigenvalue weighted by molar-refractivity contribution is 6.01. The molecule has 2 aromatic carbocycles. The molecule has 194 valence electrons. The van der Waals surface area contributed by atoms with E-state index >= 15 is 0 Å². The second kappa shape index (κ2) is 8.37. The highest BCUT2D eigenvalue weighted by atomic mass is 16.5. The molecule has 3 fully saturated rings. The van der Waals surface area contributed by atoms with Crippen LogP contribution < -0.4 is 4.74 Å². The van der Waals surface area contributed by atoms with E-state index < -0.39 is 17.1 Å². The van der Waals surface area contributed by atoms with E-state index in [0.717, 1.165) is 29.2 Å². The van der Waals surface area contributed by atoms with Crippen LogP contribution in [0.1, 0.15) is 46.5 Å². The highest BCUT2D eigenvalue weighted by Crippen LogP contribution is 2.67. The van der Waals surface area contributed by atoms with Gasteiger partial charge in [0.15, 0.2) is 5.78 Å². The molecule has 5 heteroatoms. The van der Waals surface area contributed by atoms with Gasteiger partial charge >= 0.3 is 0 Å². The minimum atomic E-state index is -1.55. The van der Waals surface area contributed by atoms with E-state index in [9.17, 15) is 19.8 Å². The van der Waals surface area contributed by atoms with Gasteiger partial charge < -0.3 is 14.9 Å². The first-order valence-electron chi connectivity index (χ1n) is 13.6. The van der Waals surface area contributed by atoms with Crippen LogP contribution in [0.5, 0.6) is 5.75 Å². The molecule has 0 aromatic heterocycles. The molecule has 0 amide bonds. The fraction of sp³-hybridized carbons (Fsp3) is 0.500. The van der Waals surface area contributed by atoms with Crippen LogP contribution in [-0.4, -0.2) is 40.1 Å². The Labute approximate surface area is 218 Å². The lowest BCUT2D eigenvalue weighted by Gasteiger charge is -2.60. The van der Waals surface area contributed by atoms with Crippen LogP contribution in [0.15, 0.2) is 66.3 Å². The molecule has 0 aliphatic heterocycles. The minimum absolute atomic E-state index is 0.0138. The van der Waals surface area contributed by atoms with Gasteiger partial charge in [-0.05, 0) is 67.0 Å². The number of hydrogen-bond acceptors (Lipinski definition) is 5. The van der Waals surface area contributed by atoms with Crippen molar-refractivity contribution in [1.82, 2.24) is 0 Å². The van der Waals surface area contributed by atoms with Crippen LogP contribution in [0.25, 0.3) is 10.8 Å². The summed E-state index contributed by atoms with van der Waals surface area (Å²) >= 11 is 0. The molecule has 8 atom stereocenters. The maximum absolute atomic E-state index is 13.7. The molecule has 5 nitrogen and oxygen atoms in total. The van der Waals surface area contributed by atoms with Gasteiger partial charge in [-0.1, -0.05) is 68.8 Å². The van der Waals surface area contributed by atoms with Crippen LogP contribution in [0, 0.1) is 34.5 Å². The molecule has 37 heavy (non-hydrogen) atoms. The quantitative estimate of drug-likeness (QED) is 0.614. The zero-order chi connectivity index (χ0) is 26.2. The second-order valence-electron chi connectivity index (χ2n) is 12.3. The third kappa shape index (κ3) is 3.43. The van der Waals surface area contributed by atoms with Crippen molar-refractivity contribution in [2.45, 2.75) is 58.2 Å². The summed E-state index contributed by atoms with van der Waals surface area (Å²) in [7, 11) is 0. The smallest absolute Gasteiger partial charge is 0.202 e. The summed E-state index contributed by atoms with van der Waals surface area (Å²) in [6.45, 7) is 6.10. The van der Waals surface area contributed by atoms with Crippen molar-refractivity contribution in [3.63, 3.8) is 0 Å². The Bertz CT molecular complexity index is 1340. The van der Waals surface area contributed by atoms with Gasteiger partial charge in [0, 0.05) is 22.1 Å². The largest absolute Gasteiger partial charge is 0.485 e. The van der Waals surface area contributed by atoms with E-state index in [1.165, 1.54) is 0 Å². The maximum atomic E-state index is 13.7. The number of hydrogen-bond donors (Lipinski definition) is 2. The minimum Gasteiger partial charge on any atom is -0.485 e. The average molecular weight is 501 g/mol. The lowest BCUT2D eigenvalue weighted by Crippen LogP contribution is -2.62. The number of ether oxygens (including phenoxy) is 1. The molecule has 2 N–H and O–H groups in total. The molecular weight excluding hydrogens is 464 g/mol. The van der Waals surface area contributed by atoms with Gasteiger partial charge in [-0.25, -0.2) is 0 Å². The molecule has 2 aromatic rings. The number of carbonyl (C=O) groups excluding carboxylic acids is 2. The van der Waals surface area contributed by atoms with Gasteiger partial charge in [-0.2, -0.15) is 0 Å². The molecule has 0 spiro atoms. The number of aliphatic hydroxyl groups is 2. The lowest BCUT2D eigenvalue weighted by atomic mass is 9.45. The van der Waals surface area contributed by atoms with Crippen LogP contribution in [0.4, 0.5) is 0 Å². The molecule has 0 bridgehead atoms. The standard InChI is InChI=1S/C32H36O5/c1-19-15-23-24-12-14-32(36,28(35)18-37-27-10-6-8-20-7-4-5-9-22(20)27)31(24,3)17-26(34)29(23)30(2)13-11-21(33)16-25(19)30/h4-11,13,16,19,23-24,26,29,34,36H,12,14-15,17-18H2,1-3H3/t19-,23?,24?,26-,29?,30?,31?,32-/m0/s1. The monoisotopic (exact) mass is 500 g/mol. The number of aliphatic hydroxyl groups excluding tert-OH is 1. The Morgan fingerprint density at radius 1 is 1.14 bits per heavy atom. The number of ketones is 2. The summed E-state index contributed by atoms with van der Waals surface area (Å²) in [6, 6.07) is 13.6. The summed E-state index contributed by atoms with van der Waals surface area (Å²) in [5.41, 5.74) is -1.57. The summed E-state index contributed by atoms with van der Waals surface area (Å²) in [5, 5.41) is 25.6. The number of rotatable bonds is 4. The van der Waals surface area contributed by atoms with Crippen LogP contribution >= 0.6 is 0 Å². The number of allylic oxidation sites excluding steroid dienone is 4. The van der Waals surface area contributed by atoms with Crippen molar-refractivity contribution >= 4 is 22.3 Å². The van der Waals surface area contributed by atoms with Crippen LogP contribution in [-0.2, 0) is 9.59 Å². The van der Waals surface area contributed by atoms with Gasteiger partial charge in [0.05, 0.1) is 6.10 Å². The summed E-state index contributed by atoms with van der Waals surface area (Å²) < 4.78 is 6.01. The first-order valence-corrected chi connectivity index (χ1v) is 13.6. The Hall–Kier alpha value is -2.76. The first-order chi connectivity index (χ1) is 17.6. The van der Waals surface area contributed by atoms with E-state index in [1.54, 1.807) is 12.2 Å². The van der Waals surface area contributed by atoms with Crippen molar-refractivity contribution < 1.29 is 24.5 Å². The van der Waals surface area contributed by atoms with Crippen molar-refractivity contribution in [2.24, 2.45) is 34.5 Å². The van der Waals surface area contributed by atoms with Gasteiger partial charge in [-0.3, -0.25) is 9.59 Å². The van der Waals surface area contributed by atoms with E-state index in [2.05, 4.69) is 13.8 Å². The molecule has 4 aliphatic rings. The summed E-state index contributed by atoms with van der Waals surface area (Å²) in [5.74, 6) is 0.764. The van der Waals surface area contributed by atoms with E-state index in [-0.39, 0.29) is 47.3 Å². The van der Waals surface area contributed by atoms with Gasteiger partial charge in [0.25, 0.3) is 0 Å². The van der Waals surface area contributed by atoms with Crippen molar-refractivity contribution in [3.05, 3.63) is 66.3 Å². The SMILES string of the molecule is C[C@H]1CC2C([C@@H](O)CC3(C)C2CC[C@]3(O)C(=O)COc2cccc3ccccc23)C2(C)C=CC(=O)C=C12. The molecule has 0 saturated heterocycles. The fourth-order valence-corrected chi connectivity index (χ4v) is 8.80. The Balaban J connectivity index is 1.28. The molecule has 3 saturated carbocycles. The zero-order valence-electron chi connectivity index (χ0n) is 21.8. The average Bonchev–Trinajstić information content (AvgIpc) is 3.14. The van der Waals surface area contributed by atoms with Gasteiger partial charge in [-0.15, -0.1) is 0 Å². The third-order valence-electron chi connectivity index (χ3n) is 10.5. The Kier molecular flexibility index (Phi) is 5.56. The number of fused-ring (bicyclic) bond motifs is 6. The summed E-state index contributed by atoms with van der Waals surface area (Å²) in [4.78, 5) is 25.8. The zero-order valence-corrected chi connectivity index (χ0v) is 21.8. The molecule has 4 aliphatic carbocycles. The molecular formula is C32H36O5.